The summed E-state index contributed by atoms with van der Waals surface area (Å²) in [5.41, 5.74) is 0.0926. The number of rotatable bonds is 5. The van der Waals surface area contributed by atoms with Gasteiger partial charge in [-0.25, -0.2) is 0 Å². The van der Waals surface area contributed by atoms with Gasteiger partial charge < -0.3 is 15.4 Å². The topological polar surface area (TPSA) is 50.4 Å². The summed E-state index contributed by atoms with van der Waals surface area (Å²) in [6, 6.07) is 6.48. The molecule has 1 aromatic rings. The average molecular weight is 335 g/mol. The molecule has 0 radical (unpaired) electrons. The van der Waals surface area contributed by atoms with Gasteiger partial charge in [0.05, 0.1) is 5.41 Å². The van der Waals surface area contributed by atoms with Gasteiger partial charge in [-0.3, -0.25) is 4.79 Å². The molecule has 1 heterocycles. The van der Waals surface area contributed by atoms with Crippen molar-refractivity contribution >= 4 is 18.3 Å². The highest BCUT2D eigenvalue weighted by atomic mass is 35.5. The van der Waals surface area contributed by atoms with Crippen LogP contribution in [0.4, 0.5) is 8.78 Å². The number of piperidine rings is 1. The van der Waals surface area contributed by atoms with Crippen molar-refractivity contribution in [2.24, 2.45) is 5.41 Å². The van der Waals surface area contributed by atoms with Gasteiger partial charge >= 0.3 is 6.61 Å². The first kappa shape index (κ1) is 18.6. The maximum atomic E-state index is 12.3. The quantitative estimate of drug-likeness (QED) is 0.870. The molecule has 0 bridgehead atoms. The number of benzene rings is 1. The molecular formula is C15H21ClF2N2O2. The molecule has 0 spiro atoms. The lowest BCUT2D eigenvalue weighted by molar-refractivity contribution is -0.131. The number of alkyl halides is 2. The summed E-state index contributed by atoms with van der Waals surface area (Å²) in [4.78, 5) is 12.3. The molecule has 4 nitrogen and oxygen atoms in total. The van der Waals surface area contributed by atoms with Crippen molar-refractivity contribution in [3.8, 4) is 5.75 Å². The van der Waals surface area contributed by atoms with E-state index in [0.717, 1.165) is 19.4 Å². The molecule has 0 aliphatic carbocycles. The largest absolute Gasteiger partial charge is 0.434 e. The third kappa shape index (κ3) is 4.81. The minimum atomic E-state index is -2.87. The first-order chi connectivity index (χ1) is 10.0. The second-order valence-electron chi connectivity index (χ2n) is 5.51. The monoisotopic (exact) mass is 334 g/mol. The summed E-state index contributed by atoms with van der Waals surface area (Å²) in [5.74, 6) is 0.0290. The lowest BCUT2D eigenvalue weighted by Gasteiger charge is -2.32. The third-order valence-corrected chi connectivity index (χ3v) is 3.77. The lowest BCUT2D eigenvalue weighted by atomic mass is 9.82. The lowest BCUT2D eigenvalue weighted by Crippen LogP contribution is -2.48. The molecule has 1 aromatic carbocycles. The zero-order valence-electron chi connectivity index (χ0n) is 12.4. The van der Waals surface area contributed by atoms with Gasteiger partial charge in [-0.2, -0.15) is 8.78 Å². The van der Waals surface area contributed by atoms with E-state index in [1.54, 1.807) is 18.2 Å². The maximum absolute atomic E-state index is 12.3. The summed E-state index contributed by atoms with van der Waals surface area (Å²) in [6.45, 7) is 0.775. The van der Waals surface area contributed by atoms with Crippen molar-refractivity contribution in [3.63, 3.8) is 0 Å². The third-order valence-electron chi connectivity index (χ3n) is 3.77. The SMILES string of the molecule is CC1(C(=O)NCc2ccccc2OC(F)F)CCCNC1.Cl. The van der Waals surface area contributed by atoms with Gasteiger partial charge in [-0.05, 0) is 32.4 Å². The average Bonchev–Trinajstić information content (AvgIpc) is 2.46. The number of carbonyl (C=O) groups excluding carboxylic acids is 1. The normalized spacial score (nSPS) is 21.1. The molecule has 1 atom stereocenters. The van der Waals surface area contributed by atoms with Crippen LogP contribution >= 0.6 is 12.4 Å². The molecule has 1 aliphatic rings. The molecule has 1 aliphatic heterocycles. The van der Waals surface area contributed by atoms with Crippen molar-refractivity contribution in [2.75, 3.05) is 13.1 Å². The zero-order valence-corrected chi connectivity index (χ0v) is 13.2. The highest BCUT2D eigenvalue weighted by Gasteiger charge is 2.34. The molecule has 2 N–H and O–H groups in total. The number of halogens is 3. The molecule has 1 fully saturated rings. The Labute approximate surface area is 135 Å². The van der Waals surface area contributed by atoms with Crippen LogP contribution in [0, 0.1) is 5.41 Å². The second kappa shape index (κ2) is 8.29. The van der Waals surface area contributed by atoms with Crippen molar-refractivity contribution in [1.29, 1.82) is 0 Å². The van der Waals surface area contributed by atoms with E-state index in [2.05, 4.69) is 15.4 Å². The summed E-state index contributed by atoms with van der Waals surface area (Å²) < 4.78 is 29.1. The minimum Gasteiger partial charge on any atom is -0.434 e. The fourth-order valence-electron chi connectivity index (χ4n) is 2.50. The fourth-order valence-corrected chi connectivity index (χ4v) is 2.50. The molecule has 124 valence electrons. The van der Waals surface area contributed by atoms with Gasteiger partial charge in [0, 0.05) is 18.7 Å². The van der Waals surface area contributed by atoms with E-state index in [4.69, 9.17) is 0 Å². The molecule has 22 heavy (non-hydrogen) atoms. The van der Waals surface area contributed by atoms with E-state index in [0.29, 0.717) is 12.1 Å². The first-order valence-corrected chi connectivity index (χ1v) is 7.03. The van der Waals surface area contributed by atoms with Gasteiger partial charge in [0.2, 0.25) is 5.91 Å². The van der Waals surface area contributed by atoms with Crippen molar-refractivity contribution in [3.05, 3.63) is 29.8 Å². The molecule has 1 amide bonds. The van der Waals surface area contributed by atoms with Crippen LogP contribution < -0.4 is 15.4 Å². The predicted molar refractivity (Wildman–Crippen MR) is 82.4 cm³/mol. The van der Waals surface area contributed by atoms with Crippen LogP contribution in [-0.4, -0.2) is 25.6 Å². The molecule has 1 saturated heterocycles. The van der Waals surface area contributed by atoms with E-state index >= 15 is 0 Å². The number of ether oxygens (including phenoxy) is 1. The van der Waals surface area contributed by atoms with Crippen molar-refractivity contribution in [1.82, 2.24) is 10.6 Å². The van der Waals surface area contributed by atoms with E-state index < -0.39 is 12.0 Å². The Morgan fingerprint density at radius 3 is 2.82 bits per heavy atom. The van der Waals surface area contributed by atoms with Crippen LogP contribution in [-0.2, 0) is 11.3 Å². The van der Waals surface area contributed by atoms with Crippen molar-refractivity contribution in [2.45, 2.75) is 32.9 Å². The molecule has 7 heteroatoms. The Morgan fingerprint density at radius 2 is 2.18 bits per heavy atom. The highest BCUT2D eigenvalue weighted by Crippen LogP contribution is 2.26. The van der Waals surface area contributed by atoms with Gasteiger partial charge in [0.15, 0.2) is 0 Å². The van der Waals surface area contributed by atoms with E-state index in [9.17, 15) is 13.6 Å². The highest BCUT2D eigenvalue weighted by molar-refractivity contribution is 5.85. The van der Waals surface area contributed by atoms with Gasteiger partial charge in [-0.15, -0.1) is 12.4 Å². The summed E-state index contributed by atoms with van der Waals surface area (Å²) >= 11 is 0. The summed E-state index contributed by atoms with van der Waals surface area (Å²) in [7, 11) is 0. The fraction of sp³-hybridized carbons (Fsp3) is 0.533. The second-order valence-corrected chi connectivity index (χ2v) is 5.51. The Morgan fingerprint density at radius 1 is 1.45 bits per heavy atom. The van der Waals surface area contributed by atoms with Crippen LogP contribution in [0.5, 0.6) is 5.75 Å². The summed E-state index contributed by atoms with van der Waals surface area (Å²) in [5, 5.41) is 6.03. The van der Waals surface area contributed by atoms with E-state index in [1.165, 1.54) is 6.07 Å². The van der Waals surface area contributed by atoms with E-state index in [-0.39, 0.29) is 30.6 Å². The van der Waals surface area contributed by atoms with Gasteiger partial charge in [0.1, 0.15) is 5.75 Å². The Kier molecular flexibility index (Phi) is 7.03. The minimum absolute atomic E-state index is 0. The smallest absolute Gasteiger partial charge is 0.387 e. The number of hydrogen-bond donors (Lipinski definition) is 2. The Hall–Kier alpha value is -1.40. The van der Waals surface area contributed by atoms with Crippen LogP contribution in [0.3, 0.4) is 0 Å². The molecule has 1 unspecified atom stereocenters. The predicted octanol–water partition coefficient (Wildman–Crippen LogP) is 2.72. The molecule has 2 rings (SSSR count). The van der Waals surface area contributed by atoms with Crippen molar-refractivity contribution < 1.29 is 18.3 Å². The Balaban J connectivity index is 0.00000242. The van der Waals surface area contributed by atoms with Crippen LogP contribution in [0.25, 0.3) is 0 Å². The molecule has 0 aromatic heterocycles. The first-order valence-electron chi connectivity index (χ1n) is 7.03. The molecular weight excluding hydrogens is 314 g/mol. The van der Waals surface area contributed by atoms with Crippen LogP contribution in [0.2, 0.25) is 0 Å². The standard InChI is InChI=1S/C15H20F2N2O2.ClH/c1-15(7-4-8-18-10-15)13(20)19-9-11-5-2-3-6-12(11)21-14(16)17;/h2-3,5-6,14,18H,4,7-10H2,1H3,(H,19,20);1H. The number of para-hydroxylation sites is 1. The van der Waals surface area contributed by atoms with Gasteiger partial charge in [0.25, 0.3) is 0 Å². The Bertz CT molecular complexity index is 494. The number of hydrogen-bond acceptors (Lipinski definition) is 3. The number of carbonyl (C=O) groups is 1. The van der Waals surface area contributed by atoms with Crippen LogP contribution in [0.1, 0.15) is 25.3 Å². The zero-order chi connectivity index (χ0) is 15.3. The number of amides is 1. The number of nitrogens with one attached hydrogen (secondary N) is 2. The molecule has 0 saturated carbocycles. The van der Waals surface area contributed by atoms with Gasteiger partial charge in [-0.1, -0.05) is 18.2 Å². The summed E-state index contributed by atoms with van der Waals surface area (Å²) in [6.07, 6.45) is 1.77. The van der Waals surface area contributed by atoms with Crippen LogP contribution in [0.15, 0.2) is 24.3 Å². The van der Waals surface area contributed by atoms with E-state index in [1.807, 2.05) is 6.92 Å². The maximum Gasteiger partial charge on any atom is 0.387 e.